The highest BCUT2D eigenvalue weighted by Gasteiger charge is 2.22. The number of amides is 1. The lowest BCUT2D eigenvalue weighted by Crippen LogP contribution is -2.48. The summed E-state index contributed by atoms with van der Waals surface area (Å²) in [6.45, 7) is 4.20. The van der Waals surface area contributed by atoms with Gasteiger partial charge in [0.15, 0.2) is 0 Å². The van der Waals surface area contributed by atoms with Gasteiger partial charge in [0, 0.05) is 0 Å². The van der Waals surface area contributed by atoms with Gasteiger partial charge < -0.3 is 20.6 Å². The molecule has 1 amide bonds. The lowest BCUT2D eigenvalue weighted by atomic mass is 10.0. The summed E-state index contributed by atoms with van der Waals surface area (Å²) in [5, 5.41) is 33.3. The van der Waals surface area contributed by atoms with Gasteiger partial charge in [0.05, 0.1) is 18.8 Å². The first kappa shape index (κ1) is 61.3. The molecule has 4 N–H and O–H groups in total. The van der Waals surface area contributed by atoms with Crippen molar-refractivity contribution in [2.75, 3.05) is 6.61 Å². The van der Waals surface area contributed by atoms with E-state index in [-0.39, 0.29) is 6.61 Å². The molecule has 3 unspecified atom stereocenters. The molecule has 370 valence electrons. The van der Waals surface area contributed by atoms with E-state index in [2.05, 4.69) is 55.6 Å². The number of carbonyl (C=O) groups excluding carboxylic acids is 1. The SMILES string of the molecule is CCCCCCCCCCC/C=C\C/C=C\CCCCCCCCCCCCC(O)C(=O)NC(CO)C(O)/C=C/CC/C=C/CCCCCCCCCCCCCCCCCCC. The molecule has 0 spiro atoms. The number of nitrogens with one attached hydrogen (secondary N) is 1. The fourth-order valence-electron chi connectivity index (χ4n) is 8.53. The van der Waals surface area contributed by atoms with E-state index in [1.54, 1.807) is 6.08 Å². The Kier molecular flexibility index (Phi) is 51.5. The third kappa shape index (κ3) is 48.1. The fourth-order valence-corrected chi connectivity index (χ4v) is 8.53. The molecule has 0 aliphatic rings. The topological polar surface area (TPSA) is 89.8 Å². The summed E-state index contributed by atoms with van der Waals surface area (Å²) in [7, 11) is 0. The van der Waals surface area contributed by atoms with Crippen LogP contribution in [-0.4, -0.2) is 46.1 Å². The maximum atomic E-state index is 12.5. The van der Waals surface area contributed by atoms with E-state index >= 15 is 0 Å². The summed E-state index contributed by atoms with van der Waals surface area (Å²) in [4.78, 5) is 12.5. The Bertz CT molecular complexity index is 1020. The van der Waals surface area contributed by atoms with E-state index in [1.165, 1.54) is 225 Å². The summed E-state index contributed by atoms with van der Waals surface area (Å²) in [6, 6.07) is -0.818. The second-order valence-electron chi connectivity index (χ2n) is 19.1. The summed E-state index contributed by atoms with van der Waals surface area (Å²) < 4.78 is 0. The third-order valence-electron chi connectivity index (χ3n) is 12.9. The van der Waals surface area contributed by atoms with Gasteiger partial charge in [0.25, 0.3) is 0 Å². The van der Waals surface area contributed by atoms with Crippen LogP contribution in [0.5, 0.6) is 0 Å². The van der Waals surface area contributed by atoms with Gasteiger partial charge >= 0.3 is 0 Å². The van der Waals surface area contributed by atoms with E-state index < -0.39 is 24.2 Å². The molecule has 5 nitrogen and oxygen atoms in total. The molecule has 63 heavy (non-hydrogen) atoms. The second-order valence-corrected chi connectivity index (χ2v) is 19.1. The molecule has 0 radical (unpaired) electrons. The molecule has 0 saturated carbocycles. The predicted molar refractivity (Wildman–Crippen MR) is 277 cm³/mol. The van der Waals surface area contributed by atoms with Crippen LogP contribution in [-0.2, 0) is 4.79 Å². The van der Waals surface area contributed by atoms with Gasteiger partial charge in [0.1, 0.15) is 6.10 Å². The number of aliphatic hydroxyl groups excluding tert-OH is 3. The molecular formula is C58H109NO4. The number of aliphatic hydroxyl groups is 3. The Labute approximate surface area is 393 Å². The second kappa shape index (κ2) is 52.9. The van der Waals surface area contributed by atoms with Crippen LogP contribution in [0.4, 0.5) is 0 Å². The molecule has 0 aromatic heterocycles. The van der Waals surface area contributed by atoms with Crippen molar-refractivity contribution >= 4 is 5.91 Å². The molecule has 0 bridgehead atoms. The molecule has 5 heteroatoms. The fraction of sp³-hybridized carbons (Fsp3) is 0.845. The van der Waals surface area contributed by atoms with Crippen LogP contribution in [0.2, 0.25) is 0 Å². The zero-order valence-corrected chi connectivity index (χ0v) is 42.2. The largest absolute Gasteiger partial charge is 0.394 e. The lowest BCUT2D eigenvalue weighted by Gasteiger charge is -2.21. The van der Waals surface area contributed by atoms with E-state index in [4.69, 9.17) is 0 Å². The summed E-state index contributed by atoms with van der Waals surface area (Å²) >= 11 is 0. The molecule has 0 aromatic carbocycles. The highest BCUT2D eigenvalue weighted by Crippen LogP contribution is 2.16. The van der Waals surface area contributed by atoms with Crippen molar-refractivity contribution in [3.63, 3.8) is 0 Å². The Morgan fingerprint density at radius 2 is 0.698 bits per heavy atom. The normalized spacial score (nSPS) is 13.7. The summed E-state index contributed by atoms with van der Waals surface area (Å²) in [5.41, 5.74) is 0. The quantitative estimate of drug-likeness (QED) is 0.0362. The maximum Gasteiger partial charge on any atom is 0.249 e. The highest BCUT2D eigenvalue weighted by atomic mass is 16.3. The molecule has 3 atom stereocenters. The Balaban J connectivity index is 3.63. The Morgan fingerprint density at radius 3 is 1.06 bits per heavy atom. The van der Waals surface area contributed by atoms with E-state index in [9.17, 15) is 20.1 Å². The number of unbranched alkanes of at least 4 members (excludes halogenated alkanes) is 37. The maximum absolute atomic E-state index is 12.5. The molecule has 0 saturated heterocycles. The van der Waals surface area contributed by atoms with Crippen molar-refractivity contribution in [3.8, 4) is 0 Å². The molecule has 0 rings (SSSR count). The smallest absolute Gasteiger partial charge is 0.249 e. The van der Waals surface area contributed by atoms with Gasteiger partial charge in [-0.3, -0.25) is 4.79 Å². The van der Waals surface area contributed by atoms with Gasteiger partial charge in [-0.15, -0.1) is 0 Å². The Morgan fingerprint density at radius 1 is 0.397 bits per heavy atom. The van der Waals surface area contributed by atoms with Crippen molar-refractivity contribution in [2.45, 2.75) is 308 Å². The van der Waals surface area contributed by atoms with Gasteiger partial charge in [-0.2, -0.15) is 0 Å². The number of hydrogen-bond donors (Lipinski definition) is 4. The van der Waals surface area contributed by atoms with Crippen molar-refractivity contribution in [2.24, 2.45) is 0 Å². The van der Waals surface area contributed by atoms with Crippen LogP contribution < -0.4 is 5.32 Å². The van der Waals surface area contributed by atoms with Gasteiger partial charge in [0.2, 0.25) is 5.91 Å². The minimum Gasteiger partial charge on any atom is -0.394 e. The van der Waals surface area contributed by atoms with E-state index in [1.807, 2.05) is 6.08 Å². The van der Waals surface area contributed by atoms with Crippen LogP contribution in [0, 0.1) is 0 Å². The minimum atomic E-state index is -1.11. The van der Waals surface area contributed by atoms with Crippen LogP contribution >= 0.6 is 0 Å². The van der Waals surface area contributed by atoms with E-state index in [0.29, 0.717) is 6.42 Å². The zero-order valence-electron chi connectivity index (χ0n) is 42.2. The monoisotopic (exact) mass is 884 g/mol. The van der Waals surface area contributed by atoms with Gasteiger partial charge in [-0.05, 0) is 64.2 Å². The zero-order chi connectivity index (χ0) is 45.8. The van der Waals surface area contributed by atoms with Gasteiger partial charge in [-0.1, -0.05) is 274 Å². The first-order valence-electron chi connectivity index (χ1n) is 28.0. The summed E-state index contributed by atoms with van der Waals surface area (Å²) in [5.74, 6) is -0.513. The van der Waals surface area contributed by atoms with E-state index in [0.717, 1.165) is 44.9 Å². The summed E-state index contributed by atoms with van der Waals surface area (Å²) in [6.07, 6.45) is 70.4. The average Bonchev–Trinajstić information content (AvgIpc) is 3.29. The number of allylic oxidation sites excluding steroid dienone is 7. The van der Waals surface area contributed by atoms with Crippen molar-refractivity contribution in [3.05, 3.63) is 48.6 Å². The van der Waals surface area contributed by atoms with Crippen molar-refractivity contribution in [1.29, 1.82) is 0 Å². The highest BCUT2D eigenvalue weighted by molar-refractivity contribution is 5.80. The first-order valence-corrected chi connectivity index (χ1v) is 28.0. The molecule has 0 aliphatic heterocycles. The van der Waals surface area contributed by atoms with Crippen molar-refractivity contribution in [1.82, 2.24) is 5.32 Å². The molecule has 0 heterocycles. The van der Waals surface area contributed by atoms with Crippen LogP contribution in [0.25, 0.3) is 0 Å². The third-order valence-corrected chi connectivity index (χ3v) is 12.9. The standard InChI is InChI=1S/C58H109NO4/c1-3-5-7-9-11-13-15-17-19-21-23-25-27-28-29-31-33-35-37-39-41-43-45-47-49-51-53-57(62)58(63)59-55(54-60)56(61)52-50-48-46-44-42-40-38-36-34-32-30-26-24-22-20-18-16-14-12-10-8-6-4-2/h23,25,28-29,42,44,50,52,55-57,60-62H,3-22,24,26-27,30-41,43,45-49,51,53-54H2,1-2H3,(H,59,63)/b25-23-,29-28-,44-42+,52-50+. The average molecular weight is 885 g/mol. The lowest BCUT2D eigenvalue weighted by molar-refractivity contribution is -0.131. The first-order chi connectivity index (χ1) is 31.1. The molecule has 0 aliphatic carbocycles. The Hall–Kier alpha value is -1.69. The van der Waals surface area contributed by atoms with Crippen molar-refractivity contribution < 1.29 is 20.1 Å². The molecule has 0 fully saturated rings. The van der Waals surface area contributed by atoms with Gasteiger partial charge in [-0.25, -0.2) is 0 Å². The van der Waals surface area contributed by atoms with Crippen LogP contribution in [0.3, 0.4) is 0 Å². The number of hydrogen-bond acceptors (Lipinski definition) is 4. The molecular weight excluding hydrogens is 775 g/mol. The van der Waals surface area contributed by atoms with Crippen LogP contribution in [0.15, 0.2) is 48.6 Å². The predicted octanol–water partition coefficient (Wildman–Crippen LogP) is 17.2. The molecule has 0 aromatic rings. The van der Waals surface area contributed by atoms with Crippen LogP contribution in [0.1, 0.15) is 290 Å². The minimum absolute atomic E-state index is 0.377. The number of carbonyl (C=O) groups is 1. The number of rotatable bonds is 51.